The molecule has 22 heavy (non-hydrogen) atoms. The summed E-state index contributed by atoms with van der Waals surface area (Å²) >= 11 is 1.77. The van der Waals surface area contributed by atoms with E-state index in [1.807, 2.05) is 11.9 Å². The third-order valence-electron chi connectivity index (χ3n) is 5.37. The van der Waals surface area contributed by atoms with Crippen LogP contribution in [-0.4, -0.2) is 29.0 Å². The number of hydrogen-bond donors (Lipinski definition) is 1. The number of hydrogen-bond acceptors (Lipinski definition) is 3. The number of amides is 2. The summed E-state index contributed by atoms with van der Waals surface area (Å²) in [5, 5.41) is 4.47. The predicted octanol–water partition coefficient (Wildman–Crippen LogP) is 3.66. The summed E-state index contributed by atoms with van der Waals surface area (Å²) in [5.41, 5.74) is 1.22. The molecule has 0 spiro atoms. The summed E-state index contributed by atoms with van der Waals surface area (Å²) in [6.45, 7) is 2.07. The third kappa shape index (κ3) is 2.75. The third-order valence-corrected chi connectivity index (χ3v) is 6.48. The molecule has 0 radical (unpaired) electrons. The summed E-state index contributed by atoms with van der Waals surface area (Å²) in [7, 11) is 1.96. The molecule has 120 valence electrons. The smallest absolute Gasteiger partial charge is 0.317 e. The van der Waals surface area contributed by atoms with Crippen LogP contribution < -0.4 is 5.32 Å². The molecule has 2 saturated carbocycles. The van der Waals surface area contributed by atoms with E-state index >= 15 is 0 Å². The van der Waals surface area contributed by atoms with Crippen LogP contribution >= 0.6 is 11.3 Å². The lowest BCUT2D eigenvalue weighted by atomic mass is 9.97. The van der Waals surface area contributed by atoms with E-state index in [0.29, 0.717) is 6.04 Å². The highest BCUT2D eigenvalue weighted by atomic mass is 32.1. The van der Waals surface area contributed by atoms with Crippen LogP contribution in [0, 0.1) is 18.8 Å². The van der Waals surface area contributed by atoms with Gasteiger partial charge in [0.1, 0.15) is 0 Å². The molecule has 5 heteroatoms. The second-order valence-electron chi connectivity index (χ2n) is 7.21. The number of carbonyl (C=O) groups excluding carboxylic acids is 1. The van der Waals surface area contributed by atoms with E-state index in [9.17, 15) is 4.79 Å². The van der Waals surface area contributed by atoms with Gasteiger partial charge in [-0.1, -0.05) is 0 Å². The number of carbonyl (C=O) groups is 1. The highest BCUT2D eigenvalue weighted by Crippen LogP contribution is 2.45. The van der Waals surface area contributed by atoms with Crippen molar-refractivity contribution < 1.29 is 4.79 Å². The van der Waals surface area contributed by atoms with Crippen LogP contribution in [-0.2, 0) is 6.42 Å². The maximum Gasteiger partial charge on any atom is 0.317 e. The number of rotatable bonds is 4. The topological polar surface area (TPSA) is 45.2 Å². The van der Waals surface area contributed by atoms with Gasteiger partial charge in [0.05, 0.1) is 21.6 Å². The molecule has 2 fully saturated rings. The normalized spacial score (nSPS) is 24.2. The molecule has 1 N–H and O–H groups in total. The minimum absolute atomic E-state index is 0.118. The average molecular weight is 319 g/mol. The fraction of sp³-hybridized carbons (Fsp3) is 0.765. The van der Waals surface area contributed by atoms with Crippen molar-refractivity contribution in [3.05, 3.63) is 15.6 Å². The Kier molecular flexibility index (Phi) is 3.63. The summed E-state index contributed by atoms with van der Waals surface area (Å²) in [5.74, 6) is 1.50. The number of nitrogens with zero attached hydrogens (tertiary/aromatic N) is 2. The monoisotopic (exact) mass is 319 g/mol. The van der Waals surface area contributed by atoms with Crippen molar-refractivity contribution in [3.63, 3.8) is 0 Å². The van der Waals surface area contributed by atoms with Crippen LogP contribution in [0.1, 0.15) is 60.1 Å². The van der Waals surface area contributed by atoms with Gasteiger partial charge in [0, 0.05) is 13.1 Å². The Labute approximate surface area is 136 Å². The standard InChI is InChI=1S/C17H25N3OS/c1-10-18-13-4-3-5-14(16(13)22-10)20(2)17(21)19-15(11-6-7-11)12-8-9-12/h11-12,14-15H,3-9H2,1-2H3,(H,19,21). The first-order valence-electron chi connectivity index (χ1n) is 8.63. The van der Waals surface area contributed by atoms with Crippen LogP contribution in [0.15, 0.2) is 0 Å². The molecular weight excluding hydrogens is 294 g/mol. The Morgan fingerprint density at radius 1 is 1.27 bits per heavy atom. The van der Waals surface area contributed by atoms with Crippen molar-refractivity contribution in [2.45, 2.75) is 64.0 Å². The van der Waals surface area contributed by atoms with E-state index in [-0.39, 0.29) is 12.1 Å². The lowest BCUT2D eigenvalue weighted by molar-refractivity contribution is 0.178. The summed E-state index contributed by atoms with van der Waals surface area (Å²) in [6.07, 6.45) is 8.46. The molecule has 3 aliphatic carbocycles. The SMILES string of the molecule is Cc1nc2c(s1)C(N(C)C(=O)NC(C1CC1)C1CC1)CCC2. The van der Waals surface area contributed by atoms with Gasteiger partial charge < -0.3 is 10.2 Å². The fourth-order valence-corrected chi connectivity index (χ4v) is 4.96. The van der Waals surface area contributed by atoms with Crippen LogP contribution in [0.3, 0.4) is 0 Å². The molecule has 0 aromatic carbocycles. The second kappa shape index (κ2) is 5.52. The number of thiazole rings is 1. The molecule has 1 atom stereocenters. The summed E-state index contributed by atoms with van der Waals surface area (Å²) in [4.78, 5) is 20.6. The van der Waals surface area contributed by atoms with Crippen molar-refractivity contribution in [2.24, 2.45) is 11.8 Å². The van der Waals surface area contributed by atoms with Gasteiger partial charge >= 0.3 is 6.03 Å². The van der Waals surface area contributed by atoms with Gasteiger partial charge in [0.2, 0.25) is 0 Å². The number of urea groups is 1. The first-order valence-corrected chi connectivity index (χ1v) is 9.44. The van der Waals surface area contributed by atoms with Gasteiger partial charge in [-0.2, -0.15) is 0 Å². The molecule has 2 amide bonds. The van der Waals surface area contributed by atoms with Crippen LogP contribution in [0.4, 0.5) is 4.79 Å². The van der Waals surface area contributed by atoms with Gasteiger partial charge in [0.25, 0.3) is 0 Å². The van der Waals surface area contributed by atoms with E-state index in [2.05, 4.69) is 17.2 Å². The molecule has 3 aliphatic rings. The Morgan fingerprint density at radius 2 is 1.95 bits per heavy atom. The van der Waals surface area contributed by atoms with E-state index < -0.39 is 0 Å². The first kappa shape index (κ1) is 14.5. The lowest BCUT2D eigenvalue weighted by Gasteiger charge is -2.32. The molecule has 0 aliphatic heterocycles. The molecule has 0 saturated heterocycles. The Bertz CT molecular complexity index is 564. The van der Waals surface area contributed by atoms with Crippen LogP contribution in [0.25, 0.3) is 0 Å². The van der Waals surface area contributed by atoms with Crippen molar-refractivity contribution >= 4 is 17.4 Å². The zero-order valence-electron chi connectivity index (χ0n) is 13.5. The van der Waals surface area contributed by atoms with Gasteiger partial charge in [-0.15, -0.1) is 11.3 Å². The molecule has 1 unspecified atom stereocenters. The lowest BCUT2D eigenvalue weighted by Crippen LogP contribution is -2.46. The van der Waals surface area contributed by atoms with Gasteiger partial charge in [-0.25, -0.2) is 9.78 Å². The maximum absolute atomic E-state index is 12.7. The van der Waals surface area contributed by atoms with Crippen molar-refractivity contribution in [1.29, 1.82) is 0 Å². The van der Waals surface area contributed by atoms with Crippen LogP contribution in [0.5, 0.6) is 0 Å². The number of fused-ring (bicyclic) bond motifs is 1. The number of nitrogens with one attached hydrogen (secondary N) is 1. The van der Waals surface area contributed by atoms with Crippen molar-refractivity contribution in [3.8, 4) is 0 Å². The zero-order chi connectivity index (χ0) is 15.3. The maximum atomic E-state index is 12.7. The Balaban J connectivity index is 1.46. The Morgan fingerprint density at radius 3 is 2.59 bits per heavy atom. The molecule has 4 nitrogen and oxygen atoms in total. The Hall–Kier alpha value is -1.10. The van der Waals surface area contributed by atoms with Gasteiger partial charge in [-0.3, -0.25) is 0 Å². The number of aryl methyl sites for hydroxylation is 2. The van der Waals surface area contributed by atoms with E-state index in [4.69, 9.17) is 0 Å². The minimum Gasteiger partial charge on any atom is -0.335 e. The van der Waals surface area contributed by atoms with Crippen LogP contribution in [0.2, 0.25) is 0 Å². The summed E-state index contributed by atoms with van der Waals surface area (Å²) in [6, 6.07) is 0.767. The predicted molar refractivity (Wildman–Crippen MR) is 88.1 cm³/mol. The molecule has 0 bridgehead atoms. The molecular formula is C17H25N3OS. The highest BCUT2D eigenvalue weighted by Gasteiger charge is 2.43. The number of aromatic nitrogens is 1. The van der Waals surface area contributed by atoms with Crippen molar-refractivity contribution in [2.75, 3.05) is 7.05 Å². The summed E-state index contributed by atoms with van der Waals surface area (Å²) < 4.78 is 0. The highest BCUT2D eigenvalue weighted by molar-refractivity contribution is 7.11. The molecule has 1 aromatic rings. The van der Waals surface area contributed by atoms with E-state index in [1.165, 1.54) is 36.3 Å². The molecule has 1 heterocycles. The molecule has 1 aromatic heterocycles. The average Bonchev–Trinajstić information content (AvgIpc) is 3.40. The zero-order valence-corrected chi connectivity index (χ0v) is 14.3. The molecule has 4 rings (SSSR count). The fourth-order valence-electron chi connectivity index (χ4n) is 3.81. The van der Waals surface area contributed by atoms with Gasteiger partial charge in [-0.05, 0) is 63.7 Å². The first-order chi connectivity index (χ1) is 10.6. The van der Waals surface area contributed by atoms with Crippen molar-refractivity contribution in [1.82, 2.24) is 15.2 Å². The van der Waals surface area contributed by atoms with E-state index in [0.717, 1.165) is 36.1 Å². The van der Waals surface area contributed by atoms with E-state index in [1.54, 1.807) is 11.3 Å². The minimum atomic E-state index is 0.118. The largest absolute Gasteiger partial charge is 0.335 e. The second-order valence-corrected chi connectivity index (χ2v) is 8.45. The van der Waals surface area contributed by atoms with Gasteiger partial charge in [0.15, 0.2) is 0 Å². The quantitative estimate of drug-likeness (QED) is 0.920.